The minimum atomic E-state index is -5.41. The van der Waals surface area contributed by atoms with Gasteiger partial charge in [-0.15, -0.1) is 20.5 Å². The number of aromatic hydroxyl groups is 2. The molecule has 6 aromatic rings. The van der Waals surface area contributed by atoms with Gasteiger partial charge in [0.25, 0.3) is 0 Å². The standard InChI is InChI=1S/C34H28N6O16S4.4Na/c1-55-23-11-15(3-7-19(23)37-39-21-9-5-17-25(57(43,44)45)13-27(59(49,50)51)31(35)29(17)33(21)41)16-4-8-20(24(12-16)56-2)38-40-22-10-6-18-26(58(46,47)48)14-28(60(52,53)54)32(36)30(18)34(22)42;;;;/h3-14,41-42H,35-36H2,1-2H3,(H,43,44,45)(H,46,47,48)(H,49,50,51)(H,52,53,54);;;;/q;4*+1/p-4/b39-37+,40-38+;;;;. The first kappa shape index (κ1) is 57.6. The van der Waals surface area contributed by atoms with E-state index in [0.29, 0.717) is 23.3 Å². The molecule has 0 atom stereocenters. The van der Waals surface area contributed by atoms with Crippen molar-refractivity contribution in [2.24, 2.45) is 20.5 Å². The van der Waals surface area contributed by atoms with Crippen LogP contribution in [0.1, 0.15) is 0 Å². The summed E-state index contributed by atoms with van der Waals surface area (Å²) >= 11 is 0. The number of nitrogens with two attached hydrogens (primary N) is 2. The van der Waals surface area contributed by atoms with Gasteiger partial charge in [-0.05, 0) is 59.7 Å². The van der Waals surface area contributed by atoms with Crippen molar-refractivity contribution in [3.05, 3.63) is 72.8 Å². The molecule has 0 aliphatic carbocycles. The molecular weight excluding hydrogens is 969 g/mol. The second-order valence-electron chi connectivity index (χ2n) is 12.3. The fourth-order valence-corrected chi connectivity index (χ4v) is 8.82. The number of nitrogens with zero attached hydrogens (tertiary/aromatic N) is 4. The molecular formula is C34H24N6Na4O16S4. The molecule has 0 unspecified atom stereocenters. The summed E-state index contributed by atoms with van der Waals surface area (Å²) in [4.78, 5) is -4.73. The maximum absolute atomic E-state index is 11.9. The molecule has 22 nitrogen and oxygen atoms in total. The number of anilines is 2. The van der Waals surface area contributed by atoms with Gasteiger partial charge in [0.1, 0.15) is 74.7 Å². The predicted octanol–water partition coefficient (Wildman–Crippen LogP) is -7.28. The van der Waals surface area contributed by atoms with E-state index >= 15 is 0 Å². The third kappa shape index (κ3) is 11.8. The van der Waals surface area contributed by atoms with Crippen LogP contribution in [0.2, 0.25) is 0 Å². The smallest absolute Gasteiger partial charge is 0.744 e. The molecule has 0 aliphatic rings. The summed E-state index contributed by atoms with van der Waals surface area (Å²) in [7, 11) is -18.9. The number of hydrogen-bond acceptors (Lipinski definition) is 22. The van der Waals surface area contributed by atoms with Crippen molar-refractivity contribution in [2.45, 2.75) is 19.6 Å². The summed E-state index contributed by atoms with van der Waals surface area (Å²) in [6, 6.07) is 13.9. The quantitative estimate of drug-likeness (QED) is 0.0405. The largest absolute Gasteiger partial charge is 1.00 e. The first-order chi connectivity index (χ1) is 27.9. The molecule has 0 aliphatic heterocycles. The molecule has 0 saturated heterocycles. The zero-order valence-corrected chi connectivity index (χ0v) is 45.4. The average molecular weight is 993 g/mol. The SMILES string of the molecule is COc1cc(-c2ccc(/N=N/c3ccc4c(S(=O)(=O)[O-])cc(S(=O)(=O)[O-])c(N)c4c3O)c(OC)c2)ccc1/N=N/c1ccc2c(S(=O)(=O)[O-])cc(S(=O)(=O)[O-])c(N)c2c1O.[Na+].[Na+].[Na+].[Na+]. The number of methoxy groups -OCH3 is 2. The third-order valence-electron chi connectivity index (χ3n) is 8.74. The Labute approximate surface area is 452 Å². The van der Waals surface area contributed by atoms with Crippen LogP contribution in [0.25, 0.3) is 32.7 Å². The van der Waals surface area contributed by atoms with E-state index in [1.807, 2.05) is 0 Å². The molecule has 6 N–H and O–H groups in total. The first-order valence-electron chi connectivity index (χ1n) is 16.1. The molecule has 6 rings (SSSR count). The number of phenolic OH excluding ortho intramolecular Hbond substituents is 2. The van der Waals surface area contributed by atoms with Crippen molar-refractivity contribution in [2.75, 3.05) is 25.7 Å². The molecule has 0 amide bonds. The monoisotopic (exact) mass is 992 g/mol. The van der Waals surface area contributed by atoms with E-state index in [9.17, 15) is 62.1 Å². The second-order valence-corrected chi connectivity index (χ2v) is 17.7. The Morgan fingerprint density at radius 3 is 1.02 bits per heavy atom. The fourth-order valence-electron chi connectivity index (χ4n) is 6.00. The maximum Gasteiger partial charge on any atom is 1.00 e. The number of rotatable bonds is 11. The summed E-state index contributed by atoms with van der Waals surface area (Å²) in [5.41, 5.74) is 10.5. The van der Waals surface area contributed by atoms with Crippen molar-refractivity contribution in [1.29, 1.82) is 0 Å². The van der Waals surface area contributed by atoms with Crippen molar-refractivity contribution in [3.63, 3.8) is 0 Å². The molecule has 30 heteroatoms. The number of phenols is 2. The minimum Gasteiger partial charge on any atom is -0.744 e. The number of ether oxygens (including phenoxy) is 2. The van der Waals surface area contributed by atoms with Gasteiger partial charge in [0.15, 0.2) is 11.5 Å². The van der Waals surface area contributed by atoms with Crippen LogP contribution in [-0.2, 0) is 40.5 Å². The third-order valence-corrected chi connectivity index (χ3v) is 12.2. The predicted molar refractivity (Wildman–Crippen MR) is 205 cm³/mol. The molecule has 0 bridgehead atoms. The zero-order valence-electron chi connectivity index (χ0n) is 34.1. The number of azo groups is 2. The van der Waals surface area contributed by atoms with E-state index < -0.39 is 104 Å². The number of hydrogen-bond donors (Lipinski definition) is 4. The van der Waals surface area contributed by atoms with Crippen LogP contribution in [0, 0.1) is 0 Å². The fraction of sp³-hybridized carbons (Fsp3) is 0.0588. The van der Waals surface area contributed by atoms with Gasteiger partial charge in [-0.3, -0.25) is 0 Å². The van der Waals surface area contributed by atoms with Gasteiger partial charge in [-0.1, -0.05) is 24.3 Å². The summed E-state index contributed by atoms with van der Waals surface area (Å²) in [5, 5.41) is 35.7. The van der Waals surface area contributed by atoms with Crippen LogP contribution in [0.3, 0.4) is 0 Å². The van der Waals surface area contributed by atoms with Crippen molar-refractivity contribution < 1.29 is 190 Å². The number of nitrogen functional groups attached to an aromatic ring is 2. The summed E-state index contributed by atoms with van der Waals surface area (Å²) in [6.45, 7) is 0. The van der Waals surface area contributed by atoms with Gasteiger partial charge >= 0.3 is 118 Å². The van der Waals surface area contributed by atoms with E-state index in [2.05, 4.69) is 20.5 Å². The van der Waals surface area contributed by atoms with Crippen molar-refractivity contribution >= 4 is 96.1 Å². The average Bonchev–Trinajstić information content (AvgIpc) is 3.15. The molecule has 0 saturated carbocycles. The van der Waals surface area contributed by atoms with E-state index in [0.717, 1.165) is 24.3 Å². The second kappa shape index (κ2) is 21.6. The van der Waals surface area contributed by atoms with Crippen LogP contribution >= 0.6 is 0 Å². The topological polar surface area (TPSA) is 389 Å². The van der Waals surface area contributed by atoms with Crippen LogP contribution in [0.15, 0.2) is 113 Å². The van der Waals surface area contributed by atoms with Crippen LogP contribution in [-0.4, -0.2) is 76.3 Å². The number of benzene rings is 6. The van der Waals surface area contributed by atoms with Crippen LogP contribution in [0.5, 0.6) is 23.0 Å². The molecule has 0 heterocycles. The van der Waals surface area contributed by atoms with Gasteiger partial charge in [-0.25, -0.2) is 33.7 Å². The molecule has 0 fully saturated rings. The molecule has 64 heavy (non-hydrogen) atoms. The molecule has 6 aromatic carbocycles. The zero-order chi connectivity index (χ0) is 44.3. The Balaban J connectivity index is 0.00000352. The Hall–Kier alpha value is -2.52. The van der Waals surface area contributed by atoms with Crippen LogP contribution < -0.4 is 139 Å². The van der Waals surface area contributed by atoms with E-state index in [1.165, 1.54) is 38.5 Å². The summed E-state index contributed by atoms with van der Waals surface area (Å²) in [5.74, 6) is -1.52. The van der Waals surface area contributed by atoms with E-state index in [1.54, 1.807) is 12.1 Å². The van der Waals surface area contributed by atoms with Crippen molar-refractivity contribution in [3.8, 4) is 34.1 Å². The van der Waals surface area contributed by atoms with E-state index in [4.69, 9.17) is 20.9 Å². The normalized spacial score (nSPS) is 12.0. The Kier molecular flexibility index (Phi) is 19.5. The Morgan fingerprint density at radius 2 is 0.734 bits per heavy atom. The van der Waals surface area contributed by atoms with Gasteiger partial charge in [0, 0.05) is 10.8 Å². The van der Waals surface area contributed by atoms with Gasteiger partial charge < -0.3 is 49.4 Å². The molecule has 314 valence electrons. The minimum absolute atomic E-state index is 0. The first-order valence-corrected chi connectivity index (χ1v) is 21.7. The Morgan fingerprint density at radius 1 is 0.453 bits per heavy atom. The molecule has 0 aromatic heterocycles. The molecule has 0 spiro atoms. The summed E-state index contributed by atoms with van der Waals surface area (Å²) in [6.07, 6.45) is 0. The van der Waals surface area contributed by atoms with E-state index in [-0.39, 0.29) is 152 Å². The van der Waals surface area contributed by atoms with Crippen LogP contribution in [0.4, 0.5) is 34.1 Å². The van der Waals surface area contributed by atoms with Gasteiger partial charge in [0.05, 0.1) is 55.9 Å². The van der Waals surface area contributed by atoms with Gasteiger partial charge in [0.2, 0.25) is 0 Å². The van der Waals surface area contributed by atoms with Crippen molar-refractivity contribution in [1.82, 2.24) is 0 Å². The summed E-state index contributed by atoms with van der Waals surface area (Å²) < 4.78 is 153. The van der Waals surface area contributed by atoms with Gasteiger partial charge in [-0.2, -0.15) is 0 Å². The molecule has 0 radical (unpaired) electrons. The number of fused-ring (bicyclic) bond motifs is 2. The maximum atomic E-state index is 11.9. The Bertz CT molecular complexity index is 3140.